The van der Waals surface area contributed by atoms with E-state index in [1.165, 1.54) is 12.8 Å². The van der Waals surface area contributed by atoms with Crippen molar-refractivity contribution in [1.82, 2.24) is 19.8 Å². The van der Waals surface area contributed by atoms with Crippen LogP contribution in [-0.4, -0.2) is 51.7 Å². The predicted octanol–water partition coefficient (Wildman–Crippen LogP) is 2.26. The highest BCUT2D eigenvalue weighted by atomic mass is 16.6. The molecular weight excluding hydrogens is 432 g/mol. The summed E-state index contributed by atoms with van der Waals surface area (Å²) in [5, 5.41) is 15.7. The second kappa shape index (κ2) is 8.01. The Hall–Kier alpha value is -3.07. The zero-order valence-corrected chi connectivity index (χ0v) is 19.2. The summed E-state index contributed by atoms with van der Waals surface area (Å²) in [6.07, 6.45) is 2.21. The first-order valence-corrected chi connectivity index (χ1v) is 12.1. The number of pyridine rings is 2. The van der Waals surface area contributed by atoms with Gasteiger partial charge in [-0.15, -0.1) is 0 Å². The maximum absolute atomic E-state index is 13.8. The molecule has 1 unspecified atom stereocenters. The number of cyclic esters (lactones) is 1. The van der Waals surface area contributed by atoms with E-state index >= 15 is 0 Å². The van der Waals surface area contributed by atoms with Crippen molar-refractivity contribution < 1.29 is 14.6 Å². The van der Waals surface area contributed by atoms with Crippen LogP contribution >= 0.6 is 0 Å². The van der Waals surface area contributed by atoms with E-state index in [4.69, 9.17) is 9.72 Å². The van der Waals surface area contributed by atoms with Crippen molar-refractivity contribution in [2.24, 2.45) is 0 Å². The Morgan fingerprint density at radius 2 is 2.00 bits per heavy atom. The highest BCUT2D eigenvalue weighted by molar-refractivity contribution is 5.86. The van der Waals surface area contributed by atoms with E-state index in [0.717, 1.165) is 42.6 Å². The summed E-state index contributed by atoms with van der Waals surface area (Å²) < 4.78 is 6.95. The fourth-order valence-corrected chi connectivity index (χ4v) is 5.56. The third-order valence-electron chi connectivity index (χ3n) is 7.50. The molecular formula is C26H28N4O4. The molecule has 1 fully saturated rings. The number of hydrogen-bond donors (Lipinski definition) is 2. The Balaban J connectivity index is 1.50. The van der Waals surface area contributed by atoms with Gasteiger partial charge in [0.05, 0.1) is 22.5 Å². The van der Waals surface area contributed by atoms with Crippen molar-refractivity contribution in [3.63, 3.8) is 0 Å². The average Bonchev–Trinajstić information content (AvgIpc) is 3.47. The standard InChI is InChI=1S/C26H28N4O4/c1-2-26(33)19-14-21-22-17(13-16-7-3-4-8-20(16)28-22)23(27-9-12-29-10-5-6-11-29)30(21)24(31)18(19)15-34-25(26)32/h3-4,7-8,13-14,23,27,33H,2,5-6,9-12,15H2,1H3/t23?,26-/m0/s1. The molecule has 34 heavy (non-hydrogen) atoms. The van der Waals surface area contributed by atoms with Crippen molar-refractivity contribution in [2.75, 3.05) is 26.2 Å². The molecule has 2 N–H and O–H groups in total. The molecule has 5 heterocycles. The number of carbonyl (C=O) groups is 1. The minimum atomic E-state index is -1.83. The summed E-state index contributed by atoms with van der Waals surface area (Å²) in [4.78, 5) is 33.6. The van der Waals surface area contributed by atoms with Crippen molar-refractivity contribution in [1.29, 1.82) is 0 Å². The number of esters is 1. The molecule has 3 aliphatic rings. The number of aromatic nitrogens is 2. The molecule has 1 saturated heterocycles. The monoisotopic (exact) mass is 460 g/mol. The molecule has 2 aromatic heterocycles. The number of fused-ring (bicyclic) bond motifs is 5. The number of benzene rings is 1. The molecule has 176 valence electrons. The fraction of sp³-hybridized carbons (Fsp3) is 0.423. The summed E-state index contributed by atoms with van der Waals surface area (Å²) in [7, 11) is 0. The van der Waals surface area contributed by atoms with Gasteiger partial charge in [0, 0.05) is 29.6 Å². The number of nitrogens with one attached hydrogen (secondary N) is 1. The quantitative estimate of drug-likeness (QED) is 0.564. The lowest BCUT2D eigenvalue weighted by Gasteiger charge is -2.32. The van der Waals surface area contributed by atoms with E-state index < -0.39 is 11.6 Å². The third kappa shape index (κ3) is 3.13. The van der Waals surface area contributed by atoms with Crippen LogP contribution in [0.25, 0.3) is 22.3 Å². The first-order valence-electron chi connectivity index (χ1n) is 12.1. The van der Waals surface area contributed by atoms with E-state index in [1.54, 1.807) is 17.6 Å². The molecule has 8 heteroatoms. The van der Waals surface area contributed by atoms with Crippen LogP contribution in [0.15, 0.2) is 41.2 Å². The molecule has 6 rings (SSSR count). The summed E-state index contributed by atoms with van der Waals surface area (Å²) in [6.45, 7) is 5.44. The largest absolute Gasteiger partial charge is 0.458 e. The van der Waals surface area contributed by atoms with Crippen LogP contribution in [0.4, 0.5) is 0 Å². The maximum Gasteiger partial charge on any atom is 0.343 e. The van der Waals surface area contributed by atoms with E-state index in [9.17, 15) is 14.7 Å². The van der Waals surface area contributed by atoms with Crippen molar-refractivity contribution in [2.45, 2.75) is 44.6 Å². The molecule has 0 aliphatic carbocycles. The Bertz CT molecular complexity index is 1360. The molecule has 1 aromatic carbocycles. The molecule has 2 atom stereocenters. The molecule has 0 radical (unpaired) electrons. The van der Waals surface area contributed by atoms with Crippen molar-refractivity contribution >= 4 is 16.9 Å². The van der Waals surface area contributed by atoms with Gasteiger partial charge < -0.3 is 14.7 Å². The average molecular weight is 461 g/mol. The maximum atomic E-state index is 13.8. The summed E-state index contributed by atoms with van der Waals surface area (Å²) in [5.41, 5.74) is 1.65. The fourth-order valence-electron chi connectivity index (χ4n) is 5.56. The number of hydrogen-bond acceptors (Lipinski definition) is 7. The number of nitrogens with zero attached hydrogens (tertiary/aromatic N) is 3. The first-order chi connectivity index (χ1) is 16.5. The van der Waals surface area contributed by atoms with E-state index in [2.05, 4.69) is 16.3 Å². The zero-order chi connectivity index (χ0) is 23.4. The zero-order valence-electron chi connectivity index (χ0n) is 19.2. The Morgan fingerprint density at radius 1 is 1.21 bits per heavy atom. The number of likely N-dealkylation sites (tertiary alicyclic amines) is 1. The van der Waals surface area contributed by atoms with Gasteiger partial charge in [-0.05, 0) is 50.6 Å². The van der Waals surface area contributed by atoms with E-state index in [1.807, 2.05) is 24.3 Å². The molecule has 3 aliphatic heterocycles. The van der Waals surface area contributed by atoms with Gasteiger partial charge in [0.15, 0.2) is 5.60 Å². The molecule has 3 aromatic rings. The molecule has 0 bridgehead atoms. The predicted molar refractivity (Wildman–Crippen MR) is 127 cm³/mol. The van der Waals surface area contributed by atoms with Gasteiger partial charge >= 0.3 is 5.97 Å². The lowest BCUT2D eigenvalue weighted by molar-refractivity contribution is -0.172. The summed E-state index contributed by atoms with van der Waals surface area (Å²) >= 11 is 0. The van der Waals surface area contributed by atoms with Crippen molar-refractivity contribution in [3.8, 4) is 11.4 Å². The lowest BCUT2D eigenvalue weighted by atomic mass is 9.86. The van der Waals surface area contributed by atoms with Crippen LogP contribution in [0, 0.1) is 0 Å². The highest BCUT2D eigenvalue weighted by Crippen LogP contribution is 2.41. The number of aliphatic hydroxyl groups is 1. The molecule has 0 spiro atoms. The SMILES string of the molecule is CC[C@@]1(O)C(=O)OCc2c1cc1n(c2=O)C(NCCN2CCCC2)c2cc3ccccc3nc2-1. The second-order valence-electron chi connectivity index (χ2n) is 9.41. The van der Waals surface area contributed by atoms with Gasteiger partial charge in [0.2, 0.25) is 0 Å². The van der Waals surface area contributed by atoms with Crippen LogP contribution < -0.4 is 10.9 Å². The number of rotatable bonds is 5. The Morgan fingerprint density at radius 3 is 2.79 bits per heavy atom. The molecule has 0 saturated carbocycles. The van der Waals surface area contributed by atoms with Crippen LogP contribution in [0.3, 0.4) is 0 Å². The molecule has 8 nitrogen and oxygen atoms in total. The third-order valence-corrected chi connectivity index (χ3v) is 7.50. The normalized spacial score (nSPS) is 23.6. The number of ether oxygens (including phenoxy) is 1. The van der Waals surface area contributed by atoms with Gasteiger partial charge in [-0.25, -0.2) is 9.78 Å². The molecule has 0 amide bonds. The van der Waals surface area contributed by atoms with Crippen LogP contribution in [-0.2, 0) is 21.7 Å². The van der Waals surface area contributed by atoms with E-state index in [0.29, 0.717) is 22.5 Å². The van der Waals surface area contributed by atoms with Crippen molar-refractivity contribution in [3.05, 3.63) is 63.4 Å². The Kier molecular flexibility index (Phi) is 5.05. The van der Waals surface area contributed by atoms with Gasteiger partial charge in [-0.2, -0.15) is 0 Å². The van der Waals surface area contributed by atoms with Crippen LogP contribution in [0.5, 0.6) is 0 Å². The minimum Gasteiger partial charge on any atom is -0.458 e. The first kappa shape index (κ1) is 21.5. The van der Waals surface area contributed by atoms with Crippen LogP contribution in [0.2, 0.25) is 0 Å². The van der Waals surface area contributed by atoms with Crippen LogP contribution in [0.1, 0.15) is 49.0 Å². The van der Waals surface area contributed by atoms with Gasteiger partial charge in [-0.3, -0.25) is 14.7 Å². The lowest BCUT2D eigenvalue weighted by Crippen LogP contribution is -2.45. The van der Waals surface area contributed by atoms with Gasteiger partial charge in [0.25, 0.3) is 5.56 Å². The number of carbonyl (C=O) groups excluding carboxylic acids is 1. The van der Waals surface area contributed by atoms with Gasteiger partial charge in [-0.1, -0.05) is 25.1 Å². The summed E-state index contributed by atoms with van der Waals surface area (Å²) in [6, 6.07) is 11.7. The minimum absolute atomic E-state index is 0.122. The number of para-hydroxylation sites is 1. The highest BCUT2D eigenvalue weighted by Gasteiger charge is 2.46. The van der Waals surface area contributed by atoms with E-state index in [-0.39, 0.29) is 24.8 Å². The summed E-state index contributed by atoms with van der Waals surface area (Å²) in [5.74, 6) is -0.711. The second-order valence-corrected chi connectivity index (χ2v) is 9.41. The Labute approximate surface area is 197 Å². The van der Waals surface area contributed by atoms with Gasteiger partial charge in [0.1, 0.15) is 12.8 Å². The topological polar surface area (TPSA) is 96.7 Å². The smallest absolute Gasteiger partial charge is 0.343 e.